The molecule has 158 valence electrons. The number of aromatic amines is 1. The molecule has 9 nitrogen and oxygen atoms in total. The molecule has 0 saturated heterocycles. The van der Waals surface area contributed by atoms with E-state index in [1.807, 2.05) is 36.4 Å². The summed E-state index contributed by atoms with van der Waals surface area (Å²) in [5, 5.41) is 2.76. The second-order valence-corrected chi connectivity index (χ2v) is 7.45. The Hall–Kier alpha value is -4.14. The third-order valence-electron chi connectivity index (χ3n) is 5.11. The fraction of sp³-hybridized carbons (Fsp3) is 0.182. The van der Waals surface area contributed by atoms with Gasteiger partial charge in [0, 0.05) is 32.9 Å². The van der Waals surface area contributed by atoms with Crippen molar-refractivity contribution < 1.29 is 9.59 Å². The van der Waals surface area contributed by atoms with Crippen molar-refractivity contribution in [2.45, 2.75) is 6.04 Å². The largest absolute Gasteiger partial charge is 0.382 e. The molecule has 0 aliphatic carbocycles. The smallest absolute Gasteiger partial charge is 0.278 e. The van der Waals surface area contributed by atoms with Gasteiger partial charge in [0.05, 0.1) is 17.1 Å². The number of hydrogen-bond donors (Lipinski definition) is 3. The molecule has 0 spiro atoms. The number of imidazole rings is 1. The molecular formula is C22H23N7O2. The highest BCUT2D eigenvalue weighted by molar-refractivity contribution is 6.04. The molecule has 4 N–H and O–H groups in total. The number of carbonyl (C=O) groups excluding carboxylic acids is 2. The molecule has 2 amide bonds. The summed E-state index contributed by atoms with van der Waals surface area (Å²) in [6.07, 6.45) is 1.68. The van der Waals surface area contributed by atoms with Crippen molar-refractivity contribution in [3.8, 4) is 0 Å². The first-order chi connectivity index (χ1) is 14.8. The number of nitrogens with two attached hydrogens (primary N) is 1. The lowest BCUT2D eigenvalue weighted by molar-refractivity contribution is -0.114. The Morgan fingerprint density at radius 2 is 1.84 bits per heavy atom. The molecule has 1 aromatic heterocycles. The van der Waals surface area contributed by atoms with Gasteiger partial charge in [0.2, 0.25) is 5.95 Å². The highest BCUT2D eigenvalue weighted by Crippen LogP contribution is 2.27. The molecule has 1 atom stereocenters. The zero-order valence-corrected chi connectivity index (χ0v) is 17.5. The number of rotatable bonds is 4. The first kappa shape index (κ1) is 20.1. The lowest BCUT2D eigenvalue weighted by Gasteiger charge is -2.32. The molecule has 0 fully saturated rings. The van der Waals surface area contributed by atoms with E-state index in [9.17, 15) is 9.59 Å². The lowest BCUT2D eigenvalue weighted by atomic mass is 10.0. The first-order valence-electron chi connectivity index (χ1n) is 9.69. The summed E-state index contributed by atoms with van der Waals surface area (Å²) in [6.45, 7) is 0. The zero-order valence-electron chi connectivity index (χ0n) is 17.5. The van der Waals surface area contributed by atoms with Crippen LogP contribution in [0.25, 0.3) is 11.0 Å². The number of aliphatic imine (C=N–C) groups is 1. The van der Waals surface area contributed by atoms with Crippen molar-refractivity contribution in [2.75, 3.05) is 26.5 Å². The van der Waals surface area contributed by atoms with Crippen LogP contribution < -0.4 is 11.1 Å². The van der Waals surface area contributed by atoms with Gasteiger partial charge in [0.25, 0.3) is 11.8 Å². The Bertz CT molecular complexity index is 1180. The number of para-hydroxylation sites is 2. The fourth-order valence-corrected chi connectivity index (χ4v) is 3.48. The van der Waals surface area contributed by atoms with Gasteiger partial charge >= 0.3 is 0 Å². The van der Waals surface area contributed by atoms with Crippen LogP contribution >= 0.6 is 0 Å². The number of amides is 2. The van der Waals surface area contributed by atoms with Crippen molar-refractivity contribution in [1.82, 2.24) is 19.8 Å². The van der Waals surface area contributed by atoms with Gasteiger partial charge < -0.3 is 20.5 Å². The molecule has 1 unspecified atom stereocenters. The highest BCUT2D eigenvalue weighted by Gasteiger charge is 2.29. The Kier molecular flexibility index (Phi) is 5.16. The lowest BCUT2D eigenvalue weighted by Crippen LogP contribution is -2.37. The number of hydrogen-bond acceptors (Lipinski definition) is 6. The molecule has 3 aromatic rings. The number of nitrogens with zero attached hydrogens (tertiary/aromatic N) is 4. The van der Waals surface area contributed by atoms with Crippen LogP contribution in [-0.4, -0.2) is 58.9 Å². The maximum Gasteiger partial charge on any atom is 0.278 e. The molecule has 31 heavy (non-hydrogen) atoms. The van der Waals surface area contributed by atoms with E-state index in [2.05, 4.69) is 20.3 Å². The van der Waals surface area contributed by atoms with Crippen LogP contribution in [0.2, 0.25) is 0 Å². The molecule has 1 aliphatic heterocycles. The van der Waals surface area contributed by atoms with Crippen LogP contribution in [0.1, 0.15) is 22.0 Å². The molecule has 4 rings (SSSR count). The number of aromatic nitrogens is 2. The molecule has 0 bridgehead atoms. The molecule has 1 aliphatic rings. The van der Waals surface area contributed by atoms with E-state index in [0.717, 1.165) is 16.6 Å². The van der Waals surface area contributed by atoms with Gasteiger partial charge in [-0.3, -0.25) is 14.9 Å². The Morgan fingerprint density at radius 3 is 2.52 bits per heavy atom. The fourth-order valence-electron chi connectivity index (χ4n) is 3.48. The minimum atomic E-state index is -0.416. The number of likely N-dealkylation sites (N-methyl/N-ethyl adjacent to an activating group) is 1. The van der Waals surface area contributed by atoms with E-state index >= 15 is 0 Å². The highest BCUT2D eigenvalue weighted by atomic mass is 16.2. The summed E-state index contributed by atoms with van der Waals surface area (Å²) in [5.41, 5.74) is 9.30. The third-order valence-corrected chi connectivity index (χ3v) is 5.11. The minimum Gasteiger partial charge on any atom is -0.382 e. The average Bonchev–Trinajstić information content (AvgIpc) is 3.15. The van der Waals surface area contributed by atoms with E-state index in [0.29, 0.717) is 11.5 Å². The van der Waals surface area contributed by atoms with Crippen molar-refractivity contribution >= 4 is 35.0 Å². The number of anilines is 1. The maximum atomic E-state index is 13.0. The van der Waals surface area contributed by atoms with Crippen molar-refractivity contribution in [1.29, 1.82) is 0 Å². The van der Waals surface area contributed by atoms with Crippen LogP contribution in [0.3, 0.4) is 0 Å². The van der Waals surface area contributed by atoms with Gasteiger partial charge in [0.15, 0.2) is 5.82 Å². The van der Waals surface area contributed by atoms with Crippen LogP contribution in [0, 0.1) is 0 Å². The standard InChI is InChI=1S/C22H23N7O2/c1-28(2)21(31)14-10-8-13(9-11-14)17-12-24-19(23)18(29(17)3)20(30)27-22-25-15-6-4-5-7-16(15)26-22/h4-12,17H,23H2,1-3H3,(H2,25,26,27,30). The van der Waals surface area contributed by atoms with Crippen LogP contribution in [-0.2, 0) is 4.79 Å². The summed E-state index contributed by atoms with van der Waals surface area (Å²) in [5.74, 6) is -0.0445. The number of H-pyrrole nitrogens is 1. The maximum absolute atomic E-state index is 13.0. The van der Waals surface area contributed by atoms with E-state index in [1.165, 1.54) is 4.90 Å². The summed E-state index contributed by atoms with van der Waals surface area (Å²) >= 11 is 0. The minimum absolute atomic E-state index is 0.0766. The Balaban J connectivity index is 1.55. The van der Waals surface area contributed by atoms with E-state index in [4.69, 9.17) is 5.73 Å². The molecule has 2 heterocycles. The Morgan fingerprint density at radius 1 is 1.13 bits per heavy atom. The first-order valence-corrected chi connectivity index (χ1v) is 9.69. The van der Waals surface area contributed by atoms with Crippen LogP contribution in [0.4, 0.5) is 5.95 Å². The Labute approximate surface area is 179 Å². The molecule has 9 heteroatoms. The van der Waals surface area contributed by atoms with E-state index in [-0.39, 0.29) is 23.5 Å². The summed E-state index contributed by atoms with van der Waals surface area (Å²) in [4.78, 5) is 40.1. The van der Waals surface area contributed by atoms with Gasteiger partial charge in [0.1, 0.15) is 5.70 Å². The van der Waals surface area contributed by atoms with E-state index < -0.39 is 5.91 Å². The summed E-state index contributed by atoms with van der Waals surface area (Å²) in [7, 11) is 5.19. The SMILES string of the molecule is CN(C)C(=O)c1ccc(C2C=NC(N)=C(C(=O)Nc3nc4ccccc4[nH]3)N2C)cc1. The molecule has 0 radical (unpaired) electrons. The predicted octanol–water partition coefficient (Wildman–Crippen LogP) is 2.09. The van der Waals surface area contributed by atoms with E-state index in [1.54, 1.807) is 44.4 Å². The van der Waals surface area contributed by atoms with Crippen molar-refractivity contribution in [2.24, 2.45) is 10.7 Å². The van der Waals surface area contributed by atoms with Crippen molar-refractivity contribution in [3.05, 3.63) is 71.2 Å². The normalized spacial score (nSPS) is 16.0. The number of benzene rings is 2. The topological polar surface area (TPSA) is 120 Å². The molecular weight excluding hydrogens is 394 g/mol. The predicted molar refractivity (Wildman–Crippen MR) is 119 cm³/mol. The van der Waals surface area contributed by atoms with Gasteiger partial charge in [-0.25, -0.2) is 9.98 Å². The second kappa shape index (κ2) is 7.94. The van der Waals surface area contributed by atoms with Gasteiger partial charge in [-0.2, -0.15) is 0 Å². The van der Waals surface area contributed by atoms with Crippen LogP contribution in [0.15, 0.2) is 65.0 Å². The van der Waals surface area contributed by atoms with Gasteiger partial charge in [-0.1, -0.05) is 24.3 Å². The van der Waals surface area contributed by atoms with Gasteiger partial charge in [-0.15, -0.1) is 0 Å². The second-order valence-electron chi connectivity index (χ2n) is 7.45. The van der Waals surface area contributed by atoms with Crippen molar-refractivity contribution in [3.63, 3.8) is 0 Å². The quantitative estimate of drug-likeness (QED) is 0.600. The zero-order chi connectivity index (χ0) is 22.1. The summed E-state index contributed by atoms with van der Waals surface area (Å²) < 4.78 is 0. The van der Waals surface area contributed by atoms with Crippen LogP contribution in [0.5, 0.6) is 0 Å². The molecule has 2 aromatic carbocycles. The van der Waals surface area contributed by atoms with Gasteiger partial charge in [-0.05, 0) is 29.8 Å². The molecule has 0 saturated carbocycles. The monoisotopic (exact) mass is 417 g/mol. The number of carbonyl (C=O) groups is 2. The number of fused-ring (bicyclic) bond motifs is 1. The third kappa shape index (κ3) is 3.85. The summed E-state index contributed by atoms with van der Waals surface area (Å²) in [6, 6.07) is 14.4. The average molecular weight is 417 g/mol. The number of nitrogens with one attached hydrogen (secondary N) is 2.